The Morgan fingerprint density at radius 2 is 2.06 bits per heavy atom. The molecule has 1 atom stereocenters. The van der Waals surface area contributed by atoms with E-state index < -0.39 is 5.41 Å². The van der Waals surface area contributed by atoms with Gasteiger partial charge in [-0.2, -0.15) is 0 Å². The third kappa shape index (κ3) is 1.94. The number of aliphatic hydroxyl groups excluding tert-OH is 1. The summed E-state index contributed by atoms with van der Waals surface area (Å²) in [6.45, 7) is 0.641. The molecule has 102 valence electrons. The first-order valence-electron chi connectivity index (χ1n) is 6.55. The highest BCUT2D eigenvalue weighted by Gasteiger charge is 2.49. The van der Waals surface area contributed by atoms with Crippen LogP contribution in [0.3, 0.4) is 0 Å². The van der Waals surface area contributed by atoms with Gasteiger partial charge in [0.05, 0.1) is 12.6 Å². The quantitative estimate of drug-likeness (QED) is 0.292. The molecule has 0 bridgehead atoms. The summed E-state index contributed by atoms with van der Waals surface area (Å²) in [5, 5.41) is 21.3. The SMILES string of the molecule is NC(=NO)C1(C(=O)N2CCCC2CO)CCCC1. The Labute approximate surface area is 106 Å². The van der Waals surface area contributed by atoms with Crippen molar-refractivity contribution in [2.45, 2.75) is 44.6 Å². The number of amidine groups is 1. The van der Waals surface area contributed by atoms with E-state index in [4.69, 9.17) is 10.9 Å². The number of aliphatic hydroxyl groups is 1. The maximum atomic E-state index is 12.7. The molecule has 4 N–H and O–H groups in total. The standard InChI is InChI=1S/C12H21N3O3/c13-10(14-18)12(5-1-2-6-12)11(17)15-7-3-4-9(15)8-16/h9,16,18H,1-8H2,(H2,13,14). The van der Waals surface area contributed by atoms with E-state index in [1.807, 2.05) is 0 Å². The van der Waals surface area contributed by atoms with Gasteiger partial charge in [0.1, 0.15) is 5.41 Å². The molecular weight excluding hydrogens is 234 g/mol. The highest BCUT2D eigenvalue weighted by atomic mass is 16.4. The molecule has 6 nitrogen and oxygen atoms in total. The third-order valence-electron chi connectivity index (χ3n) is 4.31. The number of carbonyl (C=O) groups excluding carboxylic acids is 1. The van der Waals surface area contributed by atoms with Gasteiger partial charge in [0.2, 0.25) is 5.91 Å². The van der Waals surface area contributed by atoms with E-state index >= 15 is 0 Å². The lowest BCUT2D eigenvalue weighted by Gasteiger charge is -2.33. The molecule has 1 unspecified atom stereocenters. The normalized spacial score (nSPS) is 27.7. The maximum Gasteiger partial charge on any atom is 0.236 e. The number of oxime groups is 1. The zero-order chi connectivity index (χ0) is 13.2. The summed E-state index contributed by atoms with van der Waals surface area (Å²) in [6.07, 6.45) is 4.84. The van der Waals surface area contributed by atoms with Crippen molar-refractivity contribution in [2.75, 3.05) is 13.2 Å². The zero-order valence-electron chi connectivity index (χ0n) is 10.5. The van der Waals surface area contributed by atoms with E-state index in [2.05, 4.69) is 5.16 Å². The molecule has 1 saturated heterocycles. The lowest BCUT2D eigenvalue weighted by molar-refractivity contribution is -0.139. The number of likely N-dealkylation sites (tertiary alicyclic amines) is 1. The van der Waals surface area contributed by atoms with Crippen LogP contribution >= 0.6 is 0 Å². The van der Waals surface area contributed by atoms with Crippen LogP contribution in [-0.4, -0.2) is 46.1 Å². The van der Waals surface area contributed by atoms with Gasteiger partial charge in [-0.25, -0.2) is 0 Å². The Kier molecular flexibility index (Phi) is 3.75. The van der Waals surface area contributed by atoms with Crippen molar-refractivity contribution >= 4 is 11.7 Å². The van der Waals surface area contributed by atoms with Gasteiger partial charge in [-0.05, 0) is 25.7 Å². The van der Waals surface area contributed by atoms with Gasteiger partial charge in [-0.1, -0.05) is 18.0 Å². The lowest BCUT2D eigenvalue weighted by atomic mass is 9.83. The van der Waals surface area contributed by atoms with E-state index in [-0.39, 0.29) is 24.4 Å². The van der Waals surface area contributed by atoms with Gasteiger partial charge in [0, 0.05) is 6.54 Å². The van der Waals surface area contributed by atoms with E-state index in [1.54, 1.807) is 4.90 Å². The summed E-state index contributed by atoms with van der Waals surface area (Å²) in [5.74, 6) is -0.0551. The number of nitrogens with two attached hydrogens (primary N) is 1. The van der Waals surface area contributed by atoms with E-state index in [9.17, 15) is 9.90 Å². The first kappa shape index (κ1) is 13.1. The Hall–Kier alpha value is -1.30. The second-order valence-electron chi connectivity index (χ2n) is 5.25. The molecule has 2 fully saturated rings. The number of rotatable bonds is 3. The van der Waals surface area contributed by atoms with Crippen molar-refractivity contribution in [1.82, 2.24) is 4.90 Å². The Balaban J connectivity index is 2.24. The molecule has 0 aromatic carbocycles. The molecule has 2 aliphatic rings. The summed E-state index contributed by atoms with van der Waals surface area (Å²) in [5.41, 5.74) is 4.92. The number of amides is 1. The minimum atomic E-state index is -0.841. The third-order valence-corrected chi connectivity index (χ3v) is 4.31. The second-order valence-corrected chi connectivity index (χ2v) is 5.25. The minimum absolute atomic E-state index is 0.0159. The fourth-order valence-electron chi connectivity index (χ4n) is 3.22. The molecule has 0 aromatic rings. The first-order valence-corrected chi connectivity index (χ1v) is 6.55. The molecule has 1 amide bonds. The largest absolute Gasteiger partial charge is 0.409 e. The van der Waals surface area contributed by atoms with Gasteiger partial charge < -0.3 is 20.9 Å². The van der Waals surface area contributed by atoms with Crippen molar-refractivity contribution in [3.8, 4) is 0 Å². The molecule has 0 spiro atoms. The minimum Gasteiger partial charge on any atom is -0.409 e. The number of hydrogen-bond acceptors (Lipinski definition) is 4. The van der Waals surface area contributed by atoms with Gasteiger partial charge in [-0.15, -0.1) is 0 Å². The first-order chi connectivity index (χ1) is 8.65. The van der Waals surface area contributed by atoms with Crippen LogP contribution < -0.4 is 5.73 Å². The summed E-state index contributed by atoms with van der Waals surface area (Å²) >= 11 is 0. The van der Waals surface area contributed by atoms with Crippen LogP contribution in [0.5, 0.6) is 0 Å². The highest BCUT2D eigenvalue weighted by molar-refractivity contribution is 6.07. The molecule has 0 aromatic heterocycles. The molecule has 0 radical (unpaired) electrons. The van der Waals surface area contributed by atoms with Gasteiger partial charge in [-0.3, -0.25) is 4.79 Å². The molecule has 1 heterocycles. The van der Waals surface area contributed by atoms with Crippen LogP contribution in [0.15, 0.2) is 5.16 Å². The van der Waals surface area contributed by atoms with Crippen LogP contribution in [-0.2, 0) is 4.79 Å². The monoisotopic (exact) mass is 255 g/mol. The van der Waals surface area contributed by atoms with Gasteiger partial charge >= 0.3 is 0 Å². The molecule has 1 saturated carbocycles. The number of nitrogens with zero attached hydrogens (tertiary/aromatic N) is 2. The number of hydrogen-bond donors (Lipinski definition) is 3. The van der Waals surface area contributed by atoms with E-state index in [0.717, 1.165) is 25.7 Å². The van der Waals surface area contributed by atoms with Crippen LogP contribution in [0.25, 0.3) is 0 Å². The predicted molar refractivity (Wildman–Crippen MR) is 66.1 cm³/mol. The van der Waals surface area contributed by atoms with Crippen LogP contribution in [0.4, 0.5) is 0 Å². The van der Waals surface area contributed by atoms with Crippen LogP contribution in [0.1, 0.15) is 38.5 Å². The Morgan fingerprint density at radius 1 is 1.39 bits per heavy atom. The second kappa shape index (κ2) is 5.14. The van der Waals surface area contributed by atoms with Crippen molar-refractivity contribution < 1.29 is 15.1 Å². The topological polar surface area (TPSA) is 99.2 Å². The van der Waals surface area contributed by atoms with Crippen molar-refractivity contribution in [3.63, 3.8) is 0 Å². The highest BCUT2D eigenvalue weighted by Crippen LogP contribution is 2.41. The lowest BCUT2D eigenvalue weighted by Crippen LogP contribution is -2.52. The summed E-state index contributed by atoms with van der Waals surface area (Å²) < 4.78 is 0. The average molecular weight is 255 g/mol. The average Bonchev–Trinajstić information content (AvgIpc) is 3.05. The number of carbonyl (C=O) groups is 1. The van der Waals surface area contributed by atoms with Crippen molar-refractivity contribution in [2.24, 2.45) is 16.3 Å². The molecule has 1 aliphatic carbocycles. The summed E-state index contributed by atoms with van der Waals surface area (Å²) in [7, 11) is 0. The van der Waals surface area contributed by atoms with E-state index in [0.29, 0.717) is 19.4 Å². The fraction of sp³-hybridized carbons (Fsp3) is 0.833. The molecule has 6 heteroatoms. The van der Waals surface area contributed by atoms with E-state index in [1.165, 1.54) is 0 Å². The molecule has 1 aliphatic heterocycles. The van der Waals surface area contributed by atoms with Crippen LogP contribution in [0.2, 0.25) is 0 Å². The van der Waals surface area contributed by atoms with Gasteiger partial charge in [0.25, 0.3) is 0 Å². The Bertz CT molecular complexity index is 350. The molecule has 18 heavy (non-hydrogen) atoms. The summed E-state index contributed by atoms with van der Waals surface area (Å²) in [6, 6.07) is -0.110. The fourth-order valence-corrected chi connectivity index (χ4v) is 3.22. The summed E-state index contributed by atoms with van der Waals surface area (Å²) in [4.78, 5) is 14.4. The zero-order valence-corrected chi connectivity index (χ0v) is 10.5. The Morgan fingerprint density at radius 3 is 2.61 bits per heavy atom. The van der Waals surface area contributed by atoms with Crippen molar-refractivity contribution in [1.29, 1.82) is 0 Å². The maximum absolute atomic E-state index is 12.7. The predicted octanol–water partition coefficient (Wildman–Crippen LogP) is 0.276. The molecular formula is C12H21N3O3. The van der Waals surface area contributed by atoms with Crippen molar-refractivity contribution in [3.05, 3.63) is 0 Å². The smallest absolute Gasteiger partial charge is 0.236 e. The van der Waals surface area contributed by atoms with Crippen LogP contribution in [0, 0.1) is 5.41 Å². The van der Waals surface area contributed by atoms with Gasteiger partial charge in [0.15, 0.2) is 5.84 Å². The molecule has 2 rings (SSSR count).